The molecular formula is C31H55N2O5-. The Bertz CT molecular complexity index is 743. The lowest BCUT2D eigenvalue weighted by Crippen LogP contribution is -2.48. The van der Waals surface area contributed by atoms with Crippen molar-refractivity contribution in [3.05, 3.63) is 24.0 Å². The van der Waals surface area contributed by atoms with Gasteiger partial charge in [0.1, 0.15) is 0 Å². The van der Waals surface area contributed by atoms with E-state index in [4.69, 9.17) is 0 Å². The minimum Gasteiger partial charge on any atom is -0.668 e. The van der Waals surface area contributed by atoms with Gasteiger partial charge in [-0.2, -0.15) is 11.9 Å². The van der Waals surface area contributed by atoms with Crippen molar-refractivity contribution in [3.63, 3.8) is 0 Å². The molecule has 0 aromatic carbocycles. The normalized spacial score (nSPS) is 22.8. The van der Waals surface area contributed by atoms with Gasteiger partial charge in [0.2, 0.25) is 0 Å². The number of unbranched alkanes of at least 4 members (excludes halogenated alkanes) is 7. The second-order valence-electron chi connectivity index (χ2n) is 11.8. The first-order chi connectivity index (χ1) is 18.3. The zero-order chi connectivity index (χ0) is 27.8. The Balaban J connectivity index is 1.78. The van der Waals surface area contributed by atoms with Crippen LogP contribution in [-0.4, -0.2) is 57.8 Å². The van der Waals surface area contributed by atoms with Gasteiger partial charge in [0.05, 0.1) is 23.7 Å². The van der Waals surface area contributed by atoms with Crippen LogP contribution in [0.2, 0.25) is 0 Å². The summed E-state index contributed by atoms with van der Waals surface area (Å²) in [5.41, 5.74) is 0.0324. The number of carboxylic acid groups (broad SMARTS) is 1. The van der Waals surface area contributed by atoms with Gasteiger partial charge < -0.3 is 30.7 Å². The highest BCUT2D eigenvalue weighted by atomic mass is 16.4. The number of hydrogen-bond donors (Lipinski definition) is 5. The zero-order valence-electron chi connectivity index (χ0n) is 24.0. The molecule has 6 unspecified atom stereocenters. The molecule has 1 aromatic heterocycles. The number of nitrogens with one attached hydrogen (secondary N) is 1. The molecule has 0 spiro atoms. The summed E-state index contributed by atoms with van der Waals surface area (Å²) in [5, 5.41) is 46.0. The fourth-order valence-electron chi connectivity index (χ4n) is 6.48. The largest absolute Gasteiger partial charge is 0.668 e. The van der Waals surface area contributed by atoms with Crippen molar-refractivity contribution in [3.8, 4) is 0 Å². The fraction of sp³-hybridized carbons (Fsp3) is 0.839. The van der Waals surface area contributed by atoms with Gasteiger partial charge >= 0.3 is 5.97 Å². The Labute approximate surface area is 230 Å². The molecule has 6 atom stereocenters. The van der Waals surface area contributed by atoms with Gasteiger partial charge in [0, 0.05) is 12.5 Å². The number of hydrogen-bond acceptors (Lipinski definition) is 5. The van der Waals surface area contributed by atoms with E-state index in [0.29, 0.717) is 25.8 Å². The molecule has 0 saturated heterocycles. The Hall–Kier alpha value is -1.41. The van der Waals surface area contributed by atoms with Crippen LogP contribution in [-0.2, 0) is 11.2 Å². The van der Waals surface area contributed by atoms with Gasteiger partial charge in [-0.05, 0) is 57.9 Å². The third-order valence-electron chi connectivity index (χ3n) is 8.82. The first-order valence-corrected chi connectivity index (χ1v) is 15.3. The smallest absolute Gasteiger partial charge is 0.309 e. The lowest BCUT2D eigenvalue weighted by molar-refractivity contribution is -0.147. The third kappa shape index (κ3) is 11.0. The van der Waals surface area contributed by atoms with Crippen molar-refractivity contribution in [2.24, 2.45) is 17.8 Å². The standard InChI is InChI=1S/C31H55N2O5/c1-3-4-5-6-9-16-27(34)17-10-7-8-11-18-28(30(36)37)29(35)22-25(23-32-2)31(38)19-12-14-24(31)21-26-15-13-20-33-26/h13,15,20,24-25,27-29,32,34-35,38H,3-12,14,16-19,21-23H2,1-2H3,(H,36,37)/q-1. The van der Waals surface area contributed by atoms with E-state index in [0.717, 1.165) is 63.5 Å². The summed E-state index contributed by atoms with van der Waals surface area (Å²) < 4.78 is 0. The lowest BCUT2D eigenvalue weighted by atomic mass is 9.73. The topological polar surface area (TPSA) is 124 Å². The van der Waals surface area contributed by atoms with Gasteiger partial charge in [-0.25, -0.2) is 0 Å². The Morgan fingerprint density at radius 1 is 1.08 bits per heavy atom. The summed E-state index contributed by atoms with van der Waals surface area (Å²) in [4.78, 5) is 16.4. The maximum absolute atomic E-state index is 12.1. The van der Waals surface area contributed by atoms with E-state index in [1.54, 1.807) is 6.20 Å². The second-order valence-corrected chi connectivity index (χ2v) is 11.8. The summed E-state index contributed by atoms with van der Waals surface area (Å²) in [6.45, 7) is 2.74. The number of aliphatic carboxylic acids is 1. The predicted molar refractivity (Wildman–Crippen MR) is 152 cm³/mol. The van der Waals surface area contributed by atoms with Crippen molar-refractivity contribution < 1.29 is 25.2 Å². The summed E-state index contributed by atoms with van der Waals surface area (Å²) in [6.07, 6.45) is 15.7. The molecule has 0 aliphatic heterocycles. The summed E-state index contributed by atoms with van der Waals surface area (Å²) in [5.74, 6) is -1.97. The Morgan fingerprint density at radius 3 is 2.32 bits per heavy atom. The molecule has 1 aliphatic rings. The molecule has 1 saturated carbocycles. The predicted octanol–water partition coefficient (Wildman–Crippen LogP) is 5.07. The van der Waals surface area contributed by atoms with Crippen LogP contribution in [0.5, 0.6) is 0 Å². The molecule has 0 amide bonds. The zero-order valence-corrected chi connectivity index (χ0v) is 24.0. The number of aliphatic hydroxyl groups is 3. The molecule has 2 rings (SSSR count). The van der Waals surface area contributed by atoms with Crippen molar-refractivity contribution >= 4 is 5.97 Å². The van der Waals surface area contributed by atoms with Crippen LogP contribution in [0, 0.1) is 17.8 Å². The van der Waals surface area contributed by atoms with Crippen LogP contribution in [0.25, 0.3) is 0 Å². The van der Waals surface area contributed by atoms with Crippen LogP contribution in [0.15, 0.2) is 18.3 Å². The van der Waals surface area contributed by atoms with Crippen LogP contribution < -0.4 is 10.3 Å². The average Bonchev–Trinajstić information content (AvgIpc) is 3.53. The Morgan fingerprint density at radius 2 is 1.74 bits per heavy atom. The highest BCUT2D eigenvalue weighted by Crippen LogP contribution is 2.44. The highest BCUT2D eigenvalue weighted by molar-refractivity contribution is 5.70. The molecular weight excluding hydrogens is 480 g/mol. The van der Waals surface area contributed by atoms with E-state index >= 15 is 0 Å². The van der Waals surface area contributed by atoms with Crippen molar-refractivity contribution in [2.45, 2.75) is 134 Å². The molecule has 38 heavy (non-hydrogen) atoms. The van der Waals surface area contributed by atoms with E-state index in [-0.39, 0.29) is 24.4 Å². The fourth-order valence-corrected chi connectivity index (χ4v) is 6.48. The van der Waals surface area contributed by atoms with Gasteiger partial charge in [-0.15, -0.1) is 0 Å². The summed E-state index contributed by atoms with van der Waals surface area (Å²) >= 11 is 0. The highest BCUT2D eigenvalue weighted by Gasteiger charge is 2.47. The Kier molecular flexibility index (Phi) is 15.6. The SMILES string of the molecule is CCCCCCCC(O)CCCCCCC(C(=O)O)C(O)CC(CNC)C1(O)CCCC1Cc1ccc[n-]1. The van der Waals surface area contributed by atoms with Crippen molar-refractivity contribution in [1.29, 1.82) is 0 Å². The van der Waals surface area contributed by atoms with E-state index in [9.17, 15) is 25.2 Å². The lowest BCUT2D eigenvalue weighted by Gasteiger charge is -2.40. The van der Waals surface area contributed by atoms with E-state index in [2.05, 4.69) is 17.2 Å². The van der Waals surface area contributed by atoms with E-state index < -0.39 is 23.6 Å². The van der Waals surface area contributed by atoms with E-state index in [1.807, 2.05) is 19.2 Å². The maximum Gasteiger partial charge on any atom is 0.309 e. The second kappa shape index (κ2) is 18.0. The van der Waals surface area contributed by atoms with E-state index in [1.165, 1.54) is 25.7 Å². The first kappa shape index (κ1) is 32.8. The molecule has 7 nitrogen and oxygen atoms in total. The van der Waals surface area contributed by atoms with Crippen LogP contribution in [0.3, 0.4) is 0 Å². The monoisotopic (exact) mass is 535 g/mol. The van der Waals surface area contributed by atoms with Gasteiger partial charge in [0.15, 0.2) is 0 Å². The molecule has 0 radical (unpaired) electrons. The van der Waals surface area contributed by atoms with Gasteiger partial charge in [0.25, 0.3) is 0 Å². The molecule has 220 valence electrons. The molecule has 1 heterocycles. The number of aliphatic hydroxyl groups excluding tert-OH is 2. The van der Waals surface area contributed by atoms with Crippen molar-refractivity contribution in [2.75, 3.05) is 13.6 Å². The number of rotatable bonds is 22. The molecule has 1 aromatic rings. The minimum absolute atomic E-state index is 0.0536. The number of nitrogens with zero attached hydrogens (tertiary/aromatic N) is 1. The molecule has 5 N–H and O–H groups in total. The molecule has 0 bridgehead atoms. The molecule has 7 heteroatoms. The minimum atomic E-state index is -0.997. The molecule has 1 fully saturated rings. The molecule has 1 aliphatic carbocycles. The quantitative estimate of drug-likeness (QED) is 0.131. The summed E-state index contributed by atoms with van der Waals surface area (Å²) in [7, 11) is 1.84. The third-order valence-corrected chi connectivity index (χ3v) is 8.82. The van der Waals surface area contributed by atoms with Crippen LogP contribution in [0.4, 0.5) is 0 Å². The summed E-state index contributed by atoms with van der Waals surface area (Å²) in [6, 6.07) is 3.89. The number of aromatic nitrogens is 1. The first-order valence-electron chi connectivity index (χ1n) is 15.3. The number of carbonyl (C=O) groups is 1. The number of carboxylic acids is 1. The van der Waals surface area contributed by atoms with Gasteiger partial charge in [-0.1, -0.05) is 83.3 Å². The maximum atomic E-state index is 12.1. The average molecular weight is 536 g/mol. The van der Waals surface area contributed by atoms with Crippen molar-refractivity contribution in [1.82, 2.24) is 10.3 Å². The van der Waals surface area contributed by atoms with Crippen LogP contribution in [0.1, 0.15) is 115 Å². The van der Waals surface area contributed by atoms with Gasteiger partial charge in [-0.3, -0.25) is 4.79 Å². The van der Waals surface area contributed by atoms with Crippen LogP contribution >= 0.6 is 0 Å².